The van der Waals surface area contributed by atoms with Gasteiger partial charge in [-0.25, -0.2) is 0 Å². The van der Waals surface area contributed by atoms with Gasteiger partial charge in [0, 0.05) is 17.4 Å². The van der Waals surface area contributed by atoms with E-state index < -0.39 is 12.2 Å². The number of allylic oxidation sites excluding steroid dienone is 1. The van der Waals surface area contributed by atoms with Crippen LogP contribution < -0.4 is 0 Å². The summed E-state index contributed by atoms with van der Waals surface area (Å²) in [7, 11) is 0. The van der Waals surface area contributed by atoms with E-state index in [1.54, 1.807) is 13.0 Å². The molecule has 4 heteroatoms. The van der Waals surface area contributed by atoms with Gasteiger partial charge in [-0.2, -0.15) is 0 Å². The van der Waals surface area contributed by atoms with Gasteiger partial charge in [0.1, 0.15) is 6.10 Å². The van der Waals surface area contributed by atoms with Gasteiger partial charge in [-0.1, -0.05) is 18.1 Å². The van der Waals surface area contributed by atoms with Crippen molar-refractivity contribution < 1.29 is 19.4 Å². The Morgan fingerprint density at radius 1 is 1.32 bits per heavy atom. The highest BCUT2D eigenvalue weighted by molar-refractivity contribution is 6.09. The second kappa shape index (κ2) is 4.04. The van der Waals surface area contributed by atoms with Crippen LogP contribution >= 0.6 is 0 Å². The Hall–Kier alpha value is -1.42. The minimum absolute atomic E-state index is 0.00320. The van der Waals surface area contributed by atoms with Gasteiger partial charge in [0.25, 0.3) is 0 Å². The minimum Gasteiger partial charge on any atom is -0.461 e. The molecule has 0 aromatic heterocycles. The highest BCUT2D eigenvalue weighted by atomic mass is 16.6. The summed E-state index contributed by atoms with van der Waals surface area (Å²) in [5.41, 5.74) is 2.59. The second-order valence-electron chi connectivity index (χ2n) is 5.96. The maximum Gasteiger partial charge on any atom is 0.309 e. The number of esters is 1. The fourth-order valence-electron chi connectivity index (χ4n) is 3.82. The van der Waals surface area contributed by atoms with Gasteiger partial charge >= 0.3 is 5.97 Å². The Morgan fingerprint density at radius 2 is 2.00 bits per heavy atom. The maximum absolute atomic E-state index is 12.1. The number of hydrogen-bond donors (Lipinski definition) is 1. The van der Waals surface area contributed by atoms with Crippen molar-refractivity contribution in [3.8, 4) is 0 Å². The largest absolute Gasteiger partial charge is 0.461 e. The molecule has 0 amide bonds. The van der Waals surface area contributed by atoms with Gasteiger partial charge in [0.05, 0.1) is 12.0 Å². The van der Waals surface area contributed by atoms with Crippen molar-refractivity contribution >= 4 is 11.8 Å². The first-order chi connectivity index (χ1) is 8.91. The fourth-order valence-corrected chi connectivity index (χ4v) is 3.82. The average molecular weight is 262 g/mol. The molecule has 4 nitrogen and oxygen atoms in total. The quantitative estimate of drug-likeness (QED) is 0.670. The lowest BCUT2D eigenvalue weighted by Crippen LogP contribution is -2.35. The average Bonchev–Trinajstić information content (AvgIpc) is 2.72. The summed E-state index contributed by atoms with van der Waals surface area (Å²) >= 11 is 0. The van der Waals surface area contributed by atoms with Crippen LogP contribution in [-0.2, 0) is 14.3 Å². The van der Waals surface area contributed by atoms with Gasteiger partial charge in [0.2, 0.25) is 0 Å². The van der Waals surface area contributed by atoms with Gasteiger partial charge in [-0.3, -0.25) is 9.59 Å². The van der Waals surface area contributed by atoms with E-state index in [0.717, 1.165) is 16.7 Å². The predicted octanol–water partition coefficient (Wildman–Crippen LogP) is 1.39. The molecule has 0 bridgehead atoms. The molecule has 19 heavy (non-hydrogen) atoms. The molecule has 102 valence electrons. The smallest absolute Gasteiger partial charge is 0.309 e. The number of aliphatic hydroxyl groups excluding tert-OH is 1. The van der Waals surface area contributed by atoms with E-state index in [1.807, 2.05) is 13.8 Å². The molecule has 1 fully saturated rings. The second-order valence-corrected chi connectivity index (χ2v) is 5.96. The molecule has 1 heterocycles. The molecule has 5 atom stereocenters. The summed E-state index contributed by atoms with van der Waals surface area (Å²) in [6, 6.07) is 0. The third-order valence-corrected chi connectivity index (χ3v) is 4.75. The topological polar surface area (TPSA) is 63.6 Å². The number of carbonyl (C=O) groups is 2. The maximum atomic E-state index is 12.1. The van der Waals surface area contributed by atoms with Crippen LogP contribution in [-0.4, -0.2) is 29.1 Å². The van der Waals surface area contributed by atoms with Crippen molar-refractivity contribution in [1.82, 2.24) is 0 Å². The summed E-state index contributed by atoms with van der Waals surface area (Å²) in [6.07, 6.45) is 1.06. The number of ketones is 1. The molecule has 0 saturated carbocycles. The van der Waals surface area contributed by atoms with Crippen LogP contribution in [0.15, 0.2) is 22.8 Å². The molecular formula is C15H18O4. The van der Waals surface area contributed by atoms with Gasteiger partial charge in [0.15, 0.2) is 5.78 Å². The monoisotopic (exact) mass is 262 g/mol. The van der Waals surface area contributed by atoms with E-state index in [4.69, 9.17) is 4.74 Å². The molecule has 1 saturated heterocycles. The van der Waals surface area contributed by atoms with E-state index in [2.05, 4.69) is 0 Å². The molecule has 2 aliphatic carbocycles. The van der Waals surface area contributed by atoms with Gasteiger partial charge in [-0.15, -0.1) is 0 Å². The van der Waals surface area contributed by atoms with Crippen LogP contribution in [0, 0.1) is 17.8 Å². The number of fused-ring (bicyclic) bond motifs is 3. The number of rotatable bonds is 0. The molecule has 0 aromatic rings. The van der Waals surface area contributed by atoms with Crippen LogP contribution in [0.3, 0.4) is 0 Å². The van der Waals surface area contributed by atoms with Crippen molar-refractivity contribution in [3.05, 3.63) is 22.8 Å². The zero-order valence-electron chi connectivity index (χ0n) is 11.3. The number of carbonyl (C=O) groups excluding carboxylic acids is 2. The van der Waals surface area contributed by atoms with Crippen molar-refractivity contribution in [2.75, 3.05) is 0 Å². The first kappa shape index (κ1) is 12.6. The molecular weight excluding hydrogens is 244 g/mol. The van der Waals surface area contributed by atoms with Crippen LogP contribution in [0.25, 0.3) is 0 Å². The summed E-state index contributed by atoms with van der Waals surface area (Å²) in [6.45, 7) is 5.59. The summed E-state index contributed by atoms with van der Waals surface area (Å²) < 4.78 is 5.48. The zero-order chi connectivity index (χ0) is 13.9. The Balaban J connectivity index is 2.11. The molecule has 1 aliphatic heterocycles. The fraction of sp³-hybridized carbons (Fsp3) is 0.600. The van der Waals surface area contributed by atoms with Crippen LogP contribution in [0.1, 0.15) is 27.2 Å². The zero-order valence-corrected chi connectivity index (χ0v) is 11.3. The molecule has 0 unspecified atom stereocenters. The van der Waals surface area contributed by atoms with E-state index in [9.17, 15) is 14.7 Å². The third kappa shape index (κ3) is 1.62. The van der Waals surface area contributed by atoms with E-state index in [0.29, 0.717) is 6.42 Å². The highest BCUT2D eigenvalue weighted by Crippen LogP contribution is 2.47. The van der Waals surface area contributed by atoms with Gasteiger partial charge in [-0.05, 0) is 26.3 Å². The lowest BCUT2D eigenvalue weighted by Gasteiger charge is -2.26. The van der Waals surface area contributed by atoms with Crippen molar-refractivity contribution in [3.63, 3.8) is 0 Å². The SMILES string of the molecule is CC1=CC(=O)C2=C(C)C[C@@H](O)[C@@H]3[C@@H](OC(=O)[C@@H]3C)[C@@H]12. The molecule has 3 aliphatic rings. The normalized spacial score (nSPS) is 41.7. The van der Waals surface area contributed by atoms with Crippen molar-refractivity contribution in [2.45, 2.75) is 39.4 Å². The number of aliphatic hydroxyl groups is 1. The number of ether oxygens (including phenoxy) is 1. The first-order valence-corrected chi connectivity index (χ1v) is 6.72. The summed E-state index contributed by atoms with van der Waals surface area (Å²) in [5.74, 6) is -0.957. The highest BCUT2D eigenvalue weighted by Gasteiger charge is 2.53. The van der Waals surface area contributed by atoms with Crippen molar-refractivity contribution in [1.29, 1.82) is 0 Å². The van der Waals surface area contributed by atoms with E-state index in [1.165, 1.54) is 0 Å². The first-order valence-electron chi connectivity index (χ1n) is 6.72. The Bertz CT molecular complexity index is 528. The van der Waals surface area contributed by atoms with Crippen LogP contribution in [0.5, 0.6) is 0 Å². The Labute approximate surface area is 112 Å². The van der Waals surface area contributed by atoms with E-state index in [-0.39, 0.29) is 29.5 Å². The molecule has 0 radical (unpaired) electrons. The van der Waals surface area contributed by atoms with Crippen molar-refractivity contribution in [2.24, 2.45) is 17.8 Å². The van der Waals surface area contributed by atoms with Crippen LogP contribution in [0.2, 0.25) is 0 Å². The molecule has 1 N–H and O–H groups in total. The summed E-state index contributed by atoms with van der Waals surface area (Å²) in [4.78, 5) is 23.9. The van der Waals surface area contributed by atoms with Gasteiger partial charge < -0.3 is 9.84 Å². The standard InChI is InChI=1S/C15H18O4/c1-6-4-10(17)13-8(3)15(18)19-14(13)12-7(2)5-9(16)11(6)12/h5,8,10,12-14,17H,4H2,1-3H3/t8-,10-,12+,13-,14+/m1/s1. The molecule has 3 rings (SSSR count). The minimum atomic E-state index is -0.620. The number of hydrogen-bond acceptors (Lipinski definition) is 4. The lowest BCUT2D eigenvalue weighted by atomic mass is 9.80. The lowest BCUT2D eigenvalue weighted by molar-refractivity contribution is -0.144. The Morgan fingerprint density at radius 3 is 2.68 bits per heavy atom. The summed E-state index contributed by atoms with van der Waals surface area (Å²) in [5, 5.41) is 10.3. The van der Waals surface area contributed by atoms with Crippen LogP contribution in [0.4, 0.5) is 0 Å². The molecule has 0 aromatic carbocycles. The Kier molecular flexibility index (Phi) is 2.68. The third-order valence-electron chi connectivity index (χ3n) is 4.75. The molecule has 0 spiro atoms. The van der Waals surface area contributed by atoms with E-state index >= 15 is 0 Å². The predicted molar refractivity (Wildman–Crippen MR) is 68.1 cm³/mol.